The van der Waals surface area contributed by atoms with Gasteiger partial charge in [0.2, 0.25) is 5.91 Å². The Morgan fingerprint density at radius 1 is 1.45 bits per heavy atom. The number of rotatable bonds is 4. The zero-order valence-electron chi connectivity index (χ0n) is 12.2. The minimum atomic E-state index is -0.290. The first-order valence-corrected chi connectivity index (χ1v) is 7.03. The van der Waals surface area contributed by atoms with Gasteiger partial charge in [-0.1, -0.05) is 0 Å². The van der Waals surface area contributed by atoms with Gasteiger partial charge in [0.15, 0.2) is 0 Å². The molecule has 1 aliphatic rings. The summed E-state index contributed by atoms with van der Waals surface area (Å²) in [5, 5.41) is 5.91. The molecule has 0 aliphatic carbocycles. The Kier molecular flexibility index (Phi) is 4.60. The molecule has 1 aromatic carbocycles. The van der Waals surface area contributed by atoms with Crippen LogP contribution in [0.25, 0.3) is 0 Å². The molecule has 0 spiro atoms. The third kappa shape index (κ3) is 3.70. The number of benzene rings is 1. The van der Waals surface area contributed by atoms with Crippen molar-refractivity contribution in [1.82, 2.24) is 4.90 Å². The molecule has 0 bridgehead atoms. The Labute approximate surface area is 119 Å². The van der Waals surface area contributed by atoms with Crippen molar-refractivity contribution in [2.45, 2.75) is 39.3 Å². The largest absolute Gasteiger partial charge is 0.379 e. The highest BCUT2D eigenvalue weighted by Crippen LogP contribution is 2.23. The van der Waals surface area contributed by atoms with Crippen molar-refractivity contribution in [3.8, 4) is 0 Å². The Bertz CT molecular complexity index is 490. The van der Waals surface area contributed by atoms with Crippen molar-refractivity contribution < 1.29 is 9.18 Å². The topological polar surface area (TPSA) is 44.4 Å². The molecule has 2 N–H and O–H groups in total. The van der Waals surface area contributed by atoms with E-state index in [1.165, 1.54) is 13.0 Å². The second-order valence-corrected chi connectivity index (χ2v) is 5.59. The van der Waals surface area contributed by atoms with Crippen molar-refractivity contribution in [3.05, 3.63) is 24.0 Å². The number of nitrogens with zero attached hydrogens (tertiary/aromatic N) is 1. The van der Waals surface area contributed by atoms with E-state index in [1.807, 2.05) is 0 Å². The number of halogens is 1. The first-order valence-electron chi connectivity index (χ1n) is 7.03. The van der Waals surface area contributed by atoms with E-state index in [9.17, 15) is 9.18 Å². The lowest BCUT2D eigenvalue weighted by Crippen LogP contribution is -2.31. The normalized spacial score (nSPS) is 19.4. The van der Waals surface area contributed by atoms with Gasteiger partial charge in [0.1, 0.15) is 5.82 Å². The van der Waals surface area contributed by atoms with Crippen LogP contribution in [0.4, 0.5) is 15.8 Å². The number of carbonyl (C=O) groups is 1. The van der Waals surface area contributed by atoms with E-state index in [1.54, 1.807) is 12.1 Å². The van der Waals surface area contributed by atoms with Gasteiger partial charge in [0.25, 0.3) is 0 Å². The average molecular weight is 279 g/mol. The van der Waals surface area contributed by atoms with Crippen LogP contribution in [0.3, 0.4) is 0 Å². The molecule has 1 aliphatic heterocycles. The minimum absolute atomic E-state index is 0.158. The SMILES string of the molecule is CC(=O)Nc1ccc(F)c(NC2CCN(C(C)C)C2)c1. The first-order chi connectivity index (χ1) is 9.45. The van der Waals surface area contributed by atoms with Crippen LogP contribution in [0, 0.1) is 5.82 Å². The van der Waals surface area contributed by atoms with Crippen LogP contribution in [0.1, 0.15) is 27.2 Å². The highest BCUT2D eigenvalue weighted by atomic mass is 19.1. The fourth-order valence-electron chi connectivity index (χ4n) is 2.51. The van der Waals surface area contributed by atoms with E-state index in [-0.39, 0.29) is 17.8 Å². The maximum absolute atomic E-state index is 13.8. The molecule has 1 unspecified atom stereocenters. The van der Waals surface area contributed by atoms with Gasteiger partial charge in [-0.25, -0.2) is 4.39 Å². The van der Waals surface area contributed by atoms with Gasteiger partial charge in [-0.3, -0.25) is 9.69 Å². The van der Waals surface area contributed by atoms with Crippen molar-refractivity contribution in [2.75, 3.05) is 23.7 Å². The zero-order chi connectivity index (χ0) is 14.7. The van der Waals surface area contributed by atoms with Crippen LogP contribution in [0.5, 0.6) is 0 Å². The third-order valence-corrected chi connectivity index (χ3v) is 3.60. The van der Waals surface area contributed by atoms with Crippen LogP contribution < -0.4 is 10.6 Å². The van der Waals surface area contributed by atoms with Gasteiger partial charge in [0, 0.05) is 37.8 Å². The molecule has 4 nitrogen and oxygen atoms in total. The van der Waals surface area contributed by atoms with Crippen LogP contribution in [-0.2, 0) is 4.79 Å². The number of likely N-dealkylation sites (tertiary alicyclic amines) is 1. The molecule has 2 rings (SSSR count). The molecule has 0 aromatic heterocycles. The molecule has 0 saturated carbocycles. The van der Waals surface area contributed by atoms with Crippen molar-refractivity contribution in [1.29, 1.82) is 0 Å². The molecule has 1 heterocycles. The van der Waals surface area contributed by atoms with Gasteiger partial charge in [0.05, 0.1) is 5.69 Å². The summed E-state index contributed by atoms with van der Waals surface area (Å²) >= 11 is 0. The number of hydrogen-bond acceptors (Lipinski definition) is 3. The van der Waals surface area contributed by atoms with E-state index >= 15 is 0 Å². The second kappa shape index (κ2) is 6.22. The summed E-state index contributed by atoms with van der Waals surface area (Å²) in [6.45, 7) is 7.72. The summed E-state index contributed by atoms with van der Waals surface area (Å²) < 4.78 is 13.8. The smallest absolute Gasteiger partial charge is 0.221 e. The second-order valence-electron chi connectivity index (χ2n) is 5.59. The monoisotopic (exact) mass is 279 g/mol. The molecular weight excluding hydrogens is 257 g/mol. The molecular formula is C15H22FN3O. The molecule has 110 valence electrons. The van der Waals surface area contributed by atoms with Crippen molar-refractivity contribution in [3.63, 3.8) is 0 Å². The van der Waals surface area contributed by atoms with E-state index in [4.69, 9.17) is 0 Å². The number of carbonyl (C=O) groups excluding carboxylic acids is 1. The molecule has 0 radical (unpaired) electrons. The molecule has 1 atom stereocenters. The number of nitrogens with one attached hydrogen (secondary N) is 2. The number of amides is 1. The lowest BCUT2D eigenvalue weighted by Gasteiger charge is -2.21. The Balaban J connectivity index is 2.03. The summed E-state index contributed by atoms with van der Waals surface area (Å²) in [7, 11) is 0. The maximum Gasteiger partial charge on any atom is 0.221 e. The van der Waals surface area contributed by atoms with Gasteiger partial charge < -0.3 is 10.6 Å². The highest BCUT2D eigenvalue weighted by Gasteiger charge is 2.24. The Morgan fingerprint density at radius 3 is 2.80 bits per heavy atom. The molecule has 1 aromatic rings. The van der Waals surface area contributed by atoms with Crippen LogP contribution in [0.15, 0.2) is 18.2 Å². The average Bonchev–Trinajstić information content (AvgIpc) is 2.81. The summed E-state index contributed by atoms with van der Waals surface area (Å²) in [4.78, 5) is 13.4. The van der Waals surface area contributed by atoms with Gasteiger partial charge in [-0.15, -0.1) is 0 Å². The van der Waals surface area contributed by atoms with Crippen LogP contribution in [-0.4, -0.2) is 36.0 Å². The predicted molar refractivity (Wildman–Crippen MR) is 79.4 cm³/mol. The van der Waals surface area contributed by atoms with Gasteiger partial charge >= 0.3 is 0 Å². The molecule has 1 amide bonds. The fourth-order valence-corrected chi connectivity index (χ4v) is 2.51. The molecule has 1 saturated heterocycles. The predicted octanol–water partition coefficient (Wildman–Crippen LogP) is 2.68. The summed E-state index contributed by atoms with van der Waals surface area (Å²) in [6.07, 6.45) is 1.00. The zero-order valence-corrected chi connectivity index (χ0v) is 12.2. The van der Waals surface area contributed by atoms with E-state index in [0.29, 0.717) is 17.4 Å². The third-order valence-electron chi connectivity index (χ3n) is 3.60. The quantitative estimate of drug-likeness (QED) is 0.890. The van der Waals surface area contributed by atoms with Crippen LogP contribution in [0.2, 0.25) is 0 Å². The van der Waals surface area contributed by atoms with E-state index in [2.05, 4.69) is 29.4 Å². The minimum Gasteiger partial charge on any atom is -0.379 e. The standard InChI is InChI=1S/C15H22FN3O/c1-10(2)19-7-6-13(9-19)18-15-8-12(17-11(3)20)4-5-14(15)16/h4-5,8,10,13,18H,6-7,9H2,1-3H3,(H,17,20). The lowest BCUT2D eigenvalue weighted by atomic mass is 10.2. The Hall–Kier alpha value is -1.62. The lowest BCUT2D eigenvalue weighted by molar-refractivity contribution is -0.114. The highest BCUT2D eigenvalue weighted by molar-refractivity contribution is 5.89. The van der Waals surface area contributed by atoms with E-state index in [0.717, 1.165) is 19.5 Å². The maximum atomic E-state index is 13.8. The van der Waals surface area contributed by atoms with Gasteiger partial charge in [-0.2, -0.15) is 0 Å². The van der Waals surface area contributed by atoms with Crippen molar-refractivity contribution >= 4 is 17.3 Å². The van der Waals surface area contributed by atoms with Gasteiger partial charge in [-0.05, 0) is 38.5 Å². The molecule has 20 heavy (non-hydrogen) atoms. The molecule has 1 fully saturated rings. The first kappa shape index (κ1) is 14.8. The molecule has 5 heteroatoms. The van der Waals surface area contributed by atoms with Crippen molar-refractivity contribution in [2.24, 2.45) is 0 Å². The Morgan fingerprint density at radius 2 is 2.20 bits per heavy atom. The fraction of sp³-hybridized carbons (Fsp3) is 0.533. The number of anilines is 2. The van der Waals surface area contributed by atoms with E-state index < -0.39 is 0 Å². The summed E-state index contributed by atoms with van der Waals surface area (Å²) in [6, 6.07) is 5.35. The number of hydrogen-bond donors (Lipinski definition) is 2. The summed E-state index contributed by atoms with van der Waals surface area (Å²) in [5.41, 5.74) is 1.06. The summed E-state index contributed by atoms with van der Waals surface area (Å²) in [5.74, 6) is -0.448. The van der Waals surface area contributed by atoms with Crippen LogP contribution >= 0.6 is 0 Å².